The molecule has 10 atom stereocenters. The molecule has 8 nitrogen and oxygen atoms in total. The van der Waals surface area contributed by atoms with Gasteiger partial charge >= 0.3 is 0 Å². The Kier molecular flexibility index (Phi) is 5.04. The zero-order valence-corrected chi connectivity index (χ0v) is 24.0. The van der Waals surface area contributed by atoms with Gasteiger partial charge in [-0.05, 0) is 76.1 Å². The van der Waals surface area contributed by atoms with Gasteiger partial charge in [0, 0.05) is 45.9 Å². The summed E-state index contributed by atoms with van der Waals surface area (Å²) in [5.41, 5.74) is 4.58. The van der Waals surface area contributed by atoms with E-state index in [1.807, 2.05) is 24.3 Å². The molecule has 10 rings (SSSR count). The Morgan fingerprint density at radius 1 is 0.667 bits per heavy atom. The first kappa shape index (κ1) is 25.5. The predicted octanol–water partition coefficient (Wildman–Crippen LogP) is 2.40. The van der Waals surface area contributed by atoms with E-state index >= 15 is 0 Å². The van der Waals surface area contributed by atoms with Crippen molar-refractivity contribution in [1.82, 2.24) is 9.80 Å². The molecule has 4 N–H and O–H groups in total. The average molecular weight is 571 g/mol. The van der Waals surface area contributed by atoms with Gasteiger partial charge in [-0.1, -0.05) is 36.4 Å². The third-order valence-corrected chi connectivity index (χ3v) is 12.3. The lowest BCUT2D eigenvalue weighted by Crippen LogP contribution is -2.64. The van der Waals surface area contributed by atoms with E-state index in [0.717, 1.165) is 38.8 Å². The van der Waals surface area contributed by atoms with Gasteiger partial charge in [0.2, 0.25) is 0 Å². The number of ether oxygens (including phenoxy) is 2. The SMILES string of the molecule is CN1CC[C@]23c4c5ccc(O)c4O[C@H]2[C@@H](O)C=C[C@H]3C1C5.CN1CC[C@]23c4c5ccc(O)c4O[C@H]2[C@@H](O)C=C[C@H]3C1C5. The first-order valence-corrected chi connectivity index (χ1v) is 15.4. The summed E-state index contributed by atoms with van der Waals surface area (Å²) >= 11 is 0. The van der Waals surface area contributed by atoms with Gasteiger partial charge < -0.3 is 39.7 Å². The number of phenols is 2. The van der Waals surface area contributed by atoms with E-state index in [1.165, 1.54) is 22.3 Å². The lowest BCUT2D eigenvalue weighted by Gasteiger charge is -2.56. The van der Waals surface area contributed by atoms with E-state index in [0.29, 0.717) is 35.4 Å². The normalized spacial score (nSPS) is 42.6. The Balaban J connectivity index is 0.000000119. The highest BCUT2D eigenvalue weighted by atomic mass is 16.5. The van der Waals surface area contributed by atoms with Crippen LogP contribution in [-0.2, 0) is 23.7 Å². The monoisotopic (exact) mass is 570 g/mol. The van der Waals surface area contributed by atoms with Crippen LogP contribution in [0.5, 0.6) is 23.0 Å². The molecular formula is C34H38N2O6. The summed E-state index contributed by atoms with van der Waals surface area (Å²) < 4.78 is 12.2. The van der Waals surface area contributed by atoms with Crippen LogP contribution in [0, 0.1) is 11.8 Å². The van der Waals surface area contributed by atoms with Gasteiger partial charge in [0.15, 0.2) is 23.0 Å². The van der Waals surface area contributed by atoms with Crippen LogP contribution >= 0.6 is 0 Å². The third-order valence-electron chi connectivity index (χ3n) is 12.3. The van der Waals surface area contributed by atoms with Gasteiger partial charge in [-0.25, -0.2) is 0 Å². The maximum Gasteiger partial charge on any atom is 0.165 e. The number of piperidine rings is 2. The van der Waals surface area contributed by atoms with E-state index in [4.69, 9.17) is 9.47 Å². The molecule has 0 amide bonds. The molecule has 4 bridgehead atoms. The van der Waals surface area contributed by atoms with Crippen molar-refractivity contribution in [2.24, 2.45) is 11.8 Å². The van der Waals surface area contributed by atoms with E-state index in [9.17, 15) is 20.4 Å². The number of hydrogen-bond acceptors (Lipinski definition) is 8. The lowest BCUT2D eigenvalue weighted by atomic mass is 9.53. The maximum atomic E-state index is 10.4. The highest BCUT2D eigenvalue weighted by Crippen LogP contribution is 2.63. The molecule has 2 saturated heterocycles. The van der Waals surface area contributed by atoms with E-state index in [2.05, 4.69) is 36.0 Å². The molecule has 8 heteroatoms. The molecule has 0 radical (unpaired) electrons. The van der Waals surface area contributed by atoms with Crippen molar-refractivity contribution in [3.8, 4) is 23.0 Å². The quantitative estimate of drug-likeness (QED) is 0.358. The number of aliphatic hydroxyl groups is 2. The largest absolute Gasteiger partial charge is 0.504 e. The zero-order chi connectivity index (χ0) is 28.7. The van der Waals surface area contributed by atoms with E-state index in [1.54, 1.807) is 12.1 Å². The maximum absolute atomic E-state index is 10.4. The number of hydrogen-bond donors (Lipinski definition) is 4. The lowest BCUT2D eigenvalue weighted by molar-refractivity contribution is -0.0453. The fourth-order valence-corrected chi connectivity index (χ4v) is 10.5. The molecule has 2 aromatic carbocycles. The van der Waals surface area contributed by atoms with E-state index < -0.39 is 12.2 Å². The minimum absolute atomic E-state index is 0.160. The Hall–Kier alpha value is -3.04. The number of benzene rings is 2. The predicted molar refractivity (Wildman–Crippen MR) is 155 cm³/mol. The molecule has 4 heterocycles. The summed E-state index contributed by atoms with van der Waals surface area (Å²) in [4.78, 5) is 4.87. The number of likely N-dealkylation sites (N-methyl/N-ethyl adjacent to an activating group) is 2. The number of aromatic hydroxyl groups is 2. The van der Waals surface area contributed by atoms with Gasteiger partial charge in [-0.15, -0.1) is 0 Å². The number of likely N-dealkylation sites (tertiary alicyclic amines) is 2. The van der Waals surface area contributed by atoms with Crippen LogP contribution < -0.4 is 9.47 Å². The van der Waals surface area contributed by atoms with Crippen LogP contribution in [0.1, 0.15) is 35.1 Å². The number of nitrogens with zero attached hydrogens (tertiary/aromatic N) is 2. The number of phenolic OH excluding ortho intramolecular Hbond substituents is 2. The topological polar surface area (TPSA) is 106 Å². The fourth-order valence-electron chi connectivity index (χ4n) is 10.5. The summed E-state index contributed by atoms with van der Waals surface area (Å²) in [5.74, 6) is 2.38. The first-order chi connectivity index (χ1) is 20.3. The van der Waals surface area contributed by atoms with Gasteiger partial charge in [-0.3, -0.25) is 0 Å². The second kappa shape index (κ2) is 8.32. The van der Waals surface area contributed by atoms with Crippen molar-refractivity contribution in [1.29, 1.82) is 0 Å². The Labute approximate surface area is 245 Å². The van der Waals surface area contributed by atoms with Crippen LogP contribution in [0.15, 0.2) is 48.6 Å². The summed E-state index contributed by atoms with van der Waals surface area (Å²) in [7, 11) is 4.38. The molecule has 42 heavy (non-hydrogen) atoms. The van der Waals surface area contributed by atoms with Crippen molar-refractivity contribution >= 4 is 0 Å². The van der Waals surface area contributed by atoms with Crippen LogP contribution in [0.3, 0.4) is 0 Å². The molecule has 4 aliphatic heterocycles. The second-order valence-corrected chi connectivity index (χ2v) is 13.9. The minimum Gasteiger partial charge on any atom is -0.504 e. The first-order valence-electron chi connectivity index (χ1n) is 15.4. The summed E-state index contributed by atoms with van der Waals surface area (Å²) in [5, 5.41) is 41.3. The highest BCUT2D eigenvalue weighted by Gasteiger charge is 2.65. The molecular weight excluding hydrogens is 532 g/mol. The van der Waals surface area contributed by atoms with E-state index in [-0.39, 0.29) is 34.5 Å². The van der Waals surface area contributed by atoms with Crippen molar-refractivity contribution in [2.45, 2.75) is 73.0 Å². The molecule has 0 saturated carbocycles. The Bertz CT molecular complexity index is 1460. The smallest absolute Gasteiger partial charge is 0.165 e. The fraction of sp³-hybridized carbons (Fsp3) is 0.529. The molecule has 2 fully saturated rings. The van der Waals surface area contributed by atoms with Crippen LogP contribution in [-0.4, -0.2) is 93.9 Å². The Morgan fingerprint density at radius 2 is 1.10 bits per heavy atom. The molecule has 2 unspecified atom stereocenters. The third kappa shape index (κ3) is 2.87. The molecule has 2 aromatic rings. The van der Waals surface area contributed by atoms with Crippen molar-refractivity contribution < 1.29 is 29.9 Å². The Morgan fingerprint density at radius 3 is 1.52 bits per heavy atom. The standard InChI is InChI=1S/2C17H19NO3/c2*1-18-7-6-17-10-3-5-13(20)16(17)21-15-12(19)4-2-9(14(15)17)8-11(10)18/h2*2-5,10-11,13,16,19-20H,6-8H2,1H3/t2*10-,11?,13-,16-,17-/m00/s1. The molecule has 0 aromatic heterocycles. The highest BCUT2D eigenvalue weighted by molar-refractivity contribution is 5.63. The second-order valence-electron chi connectivity index (χ2n) is 13.9. The summed E-state index contributed by atoms with van der Waals surface area (Å²) in [6.07, 6.45) is 10.4. The number of rotatable bonds is 0. The van der Waals surface area contributed by atoms with Crippen LogP contribution in [0.25, 0.3) is 0 Å². The molecule has 2 spiro atoms. The summed E-state index contributed by atoms with van der Waals surface area (Å²) in [6, 6.07) is 8.45. The number of aliphatic hydroxyl groups excluding tert-OH is 2. The average Bonchev–Trinajstić information content (AvgIpc) is 3.52. The van der Waals surface area contributed by atoms with Crippen LogP contribution in [0.4, 0.5) is 0 Å². The summed E-state index contributed by atoms with van der Waals surface area (Å²) in [6.45, 7) is 2.02. The van der Waals surface area contributed by atoms with Gasteiger partial charge in [0.05, 0.1) is 0 Å². The van der Waals surface area contributed by atoms with Gasteiger partial charge in [0.1, 0.15) is 24.4 Å². The van der Waals surface area contributed by atoms with Gasteiger partial charge in [-0.2, -0.15) is 0 Å². The van der Waals surface area contributed by atoms with Crippen LogP contribution in [0.2, 0.25) is 0 Å². The zero-order valence-electron chi connectivity index (χ0n) is 24.0. The molecule has 220 valence electrons. The molecule has 8 aliphatic rings. The minimum atomic E-state index is -0.594. The van der Waals surface area contributed by atoms with Crippen molar-refractivity contribution in [3.63, 3.8) is 0 Å². The van der Waals surface area contributed by atoms with Crippen molar-refractivity contribution in [2.75, 3.05) is 27.2 Å². The van der Waals surface area contributed by atoms with Gasteiger partial charge in [0.25, 0.3) is 0 Å². The molecule has 4 aliphatic carbocycles. The van der Waals surface area contributed by atoms with Crippen molar-refractivity contribution in [3.05, 3.63) is 70.8 Å².